The first-order valence-electron chi connectivity index (χ1n) is 5.24. The van der Waals surface area contributed by atoms with E-state index in [1.54, 1.807) is 20.8 Å². The Bertz CT molecular complexity index is 592. The molecule has 0 aliphatic rings. The third kappa shape index (κ3) is 1.86. The molecule has 0 atom stereocenters. The maximum absolute atomic E-state index is 13.7. The minimum Gasteiger partial charge on any atom is -0.461 e. The highest BCUT2D eigenvalue weighted by atomic mass is 19.1. The lowest BCUT2D eigenvalue weighted by atomic mass is 10.3. The molecule has 0 saturated carbocycles. The Morgan fingerprint density at radius 2 is 2.24 bits per heavy atom. The molecule has 0 aromatic carbocycles. The van der Waals surface area contributed by atoms with Crippen molar-refractivity contribution in [3.05, 3.63) is 29.0 Å². The summed E-state index contributed by atoms with van der Waals surface area (Å²) in [6.07, 6.45) is 0. The predicted octanol–water partition coefficient (Wildman–Crippen LogP) is 1.66. The van der Waals surface area contributed by atoms with Gasteiger partial charge in [0.15, 0.2) is 17.2 Å². The van der Waals surface area contributed by atoms with Crippen LogP contribution >= 0.6 is 0 Å². The molecule has 0 fully saturated rings. The number of hydrogen-bond acceptors (Lipinski definition) is 4. The van der Waals surface area contributed by atoms with E-state index in [2.05, 4.69) is 10.1 Å². The Balaban J connectivity index is 2.61. The molecule has 0 N–H and O–H groups in total. The van der Waals surface area contributed by atoms with Crippen molar-refractivity contribution in [2.24, 2.45) is 0 Å². The first-order chi connectivity index (χ1) is 8.04. The zero-order valence-electron chi connectivity index (χ0n) is 9.82. The first-order valence-corrected chi connectivity index (χ1v) is 5.24. The number of ether oxygens (including phenoxy) is 1. The fourth-order valence-corrected chi connectivity index (χ4v) is 1.55. The number of rotatable bonds is 2. The average molecular weight is 237 g/mol. The topological polar surface area (TPSA) is 56.5 Å². The Morgan fingerprint density at radius 1 is 1.53 bits per heavy atom. The molecule has 0 amide bonds. The Kier molecular flexibility index (Phi) is 2.79. The van der Waals surface area contributed by atoms with Crippen LogP contribution in [0.25, 0.3) is 5.65 Å². The van der Waals surface area contributed by atoms with Gasteiger partial charge in [-0.2, -0.15) is 5.10 Å². The van der Waals surface area contributed by atoms with Gasteiger partial charge in [-0.1, -0.05) is 0 Å². The summed E-state index contributed by atoms with van der Waals surface area (Å²) < 4.78 is 19.9. The molecule has 6 heteroatoms. The lowest BCUT2D eigenvalue weighted by Crippen LogP contribution is -2.10. The third-order valence-electron chi connectivity index (χ3n) is 2.36. The molecule has 2 heterocycles. The smallest absolute Gasteiger partial charge is 0.357 e. The lowest BCUT2D eigenvalue weighted by molar-refractivity contribution is 0.0519. The molecule has 17 heavy (non-hydrogen) atoms. The van der Waals surface area contributed by atoms with Gasteiger partial charge in [0.2, 0.25) is 0 Å². The van der Waals surface area contributed by atoms with Crippen LogP contribution < -0.4 is 0 Å². The quantitative estimate of drug-likeness (QED) is 0.745. The van der Waals surface area contributed by atoms with E-state index >= 15 is 0 Å². The van der Waals surface area contributed by atoms with Crippen LogP contribution in [0.15, 0.2) is 6.07 Å². The molecule has 0 bridgehead atoms. The van der Waals surface area contributed by atoms with Gasteiger partial charge in [-0.3, -0.25) is 0 Å². The van der Waals surface area contributed by atoms with E-state index < -0.39 is 11.8 Å². The summed E-state index contributed by atoms with van der Waals surface area (Å²) in [6.45, 7) is 5.23. The van der Waals surface area contributed by atoms with Gasteiger partial charge in [-0.15, -0.1) is 0 Å². The number of carbonyl (C=O) groups is 1. The van der Waals surface area contributed by atoms with Gasteiger partial charge in [-0.05, 0) is 26.8 Å². The van der Waals surface area contributed by atoms with Crippen molar-refractivity contribution in [1.82, 2.24) is 14.6 Å². The van der Waals surface area contributed by atoms with E-state index in [0.29, 0.717) is 5.69 Å². The molecule has 0 aliphatic heterocycles. The van der Waals surface area contributed by atoms with Crippen LogP contribution in [-0.2, 0) is 4.74 Å². The molecule has 5 nitrogen and oxygen atoms in total. The minimum absolute atomic E-state index is 0.0468. The maximum Gasteiger partial charge on any atom is 0.357 e. The Labute approximate surface area is 97.2 Å². The second-order valence-electron chi connectivity index (χ2n) is 3.64. The lowest BCUT2D eigenvalue weighted by Gasteiger charge is -2.03. The summed E-state index contributed by atoms with van der Waals surface area (Å²) in [5.74, 6) is -1.07. The van der Waals surface area contributed by atoms with E-state index in [4.69, 9.17) is 4.74 Å². The second-order valence-corrected chi connectivity index (χ2v) is 3.64. The van der Waals surface area contributed by atoms with Crippen LogP contribution in [-0.4, -0.2) is 27.2 Å². The zero-order valence-corrected chi connectivity index (χ0v) is 9.82. The van der Waals surface area contributed by atoms with Crippen molar-refractivity contribution in [3.63, 3.8) is 0 Å². The van der Waals surface area contributed by atoms with E-state index in [0.717, 1.165) is 0 Å². The monoisotopic (exact) mass is 237 g/mol. The average Bonchev–Trinajstić information content (AvgIpc) is 2.57. The summed E-state index contributed by atoms with van der Waals surface area (Å²) in [5, 5.41) is 3.99. The SMILES string of the molecule is CCOC(=O)c1cc(C)n2nc(C)c(F)c2n1. The number of fused-ring (bicyclic) bond motifs is 1. The largest absolute Gasteiger partial charge is 0.461 e. The molecule has 0 aliphatic carbocycles. The first kappa shape index (κ1) is 11.5. The van der Waals surface area contributed by atoms with E-state index in [-0.39, 0.29) is 23.6 Å². The Hall–Kier alpha value is -1.98. The second kappa shape index (κ2) is 4.12. The standard InChI is InChI=1S/C11H12FN3O2/c1-4-17-11(16)8-5-6(2)15-10(13-8)9(12)7(3)14-15/h5H,4H2,1-3H3. The molecule has 2 aromatic rings. The molecule has 2 aromatic heterocycles. The highest BCUT2D eigenvalue weighted by Crippen LogP contribution is 2.14. The van der Waals surface area contributed by atoms with Gasteiger partial charge in [-0.25, -0.2) is 18.7 Å². The number of hydrogen-bond donors (Lipinski definition) is 0. The highest BCUT2D eigenvalue weighted by Gasteiger charge is 2.16. The van der Waals surface area contributed by atoms with Crippen LogP contribution in [0.2, 0.25) is 0 Å². The predicted molar refractivity (Wildman–Crippen MR) is 58.4 cm³/mol. The van der Waals surface area contributed by atoms with Crippen LogP contribution in [0.3, 0.4) is 0 Å². The molecule has 90 valence electrons. The van der Waals surface area contributed by atoms with Crippen LogP contribution in [0.5, 0.6) is 0 Å². The van der Waals surface area contributed by atoms with Gasteiger partial charge in [0.05, 0.1) is 12.3 Å². The summed E-state index contributed by atoms with van der Waals surface area (Å²) in [6, 6.07) is 1.52. The van der Waals surface area contributed by atoms with Crippen molar-refractivity contribution in [3.8, 4) is 0 Å². The highest BCUT2D eigenvalue weighted by molar-refractivity contribution is 5.87. The van der Waals surface area contributed by atoms with Gasteiger partial charge < -0.3 is 4.74 Å². The van der Waals surface area contributed by atoms with Gasteiger partial charge >= 0.3 is 5.97 Å². The van der Waals surface area contributed by atoms with Gasteiger partial charge in [0, 0.05) is 5.69 Å². The minimum atomic E-state index is -0.559. The van der Waals surface area contributed by atoms with Gasteiger partial charge in [0.1, 0.15) is 0 Å². The molecule has 0 unspecified atom stereocenters. The van der Waals surface area contributed by atoms with Gasteiger partial charge in [0.25, 0.3) is 0 Å². The molecule has 0 radical (unpaired) electrons. The van der Waals surface area contributed by atoms with Crippen molar-refractivity contribution >= 4 is 11.6 Å². The fourth-order valence-electron chi connectivity index (χ4n) is 1.55. The number of nitrogens with zero attached hydrogens (tertiary/aromatic N) is 3. The van der Waals surface area contributed by atoms with Crippen LogP contribution in [0, 0.1) is 19.7 Å². The summed E-state index contributed by atoms with van der Waals surface area (Å²) in [7, 11) is 0. The van der Waals surface area contributed by atoms with E-state index in [9.17, 15) is 9.18 Å². The number of esters is 1. The number of aryl methyl sites for hydroxylation is 2. The Morgan fingerprint density at radius 3 is 2.88 bits per heavy atom. The summed E-state index contributed by atoms with van der Waals surface area (Å²) in [4.78, 5) is 15.4. The zero-order chi connectivity index (χ0) is 12.6. The molecule has 0 spiro atoms. The van der Waals surface area contributed by atoms with Crippen LogP contribution in [0.1, 0.15) is 28.8 Å². The number of carbonyl (C=O) groups excluding carboxylic acids is 1. The normalized spacial score (nSPS) is 10.8. The van der Waals surface area contributed by atoms with Crippen LogP contribution in [0.4, 0.5) is 4.39 Å². The van der Waals surface area contributed by atoms with Crippen molar-refractivity contribution < 1.29 is 13.9 Å². The summed E-state index contributed by atoms with van der Waals surface area (Å²) in [5.41, 5.74) is 1.02. The summed E-state index contributed by atoms with van der Waals surface area (Å²) >= 11 is 0. The van der Waals surface area contributed by atoms with E-state index in [1.165, 1.54) is 10.6 Å². The fraction of sp³-hybridized carbons (Fsp3) is 0.364. The number of halogens is 1. The van der Waals surface area contributed by atoms with E-state index in [1.807, 2.05) is 0 Å². The third-order valence-corrected chi connectivity index (χ3v) is 2.36. The molecular weight excluding hydrogens is 225 g/mol. The van der Waals surface area contributed by atoms with Crippen molar-refractivity contribution in [1.29, 1.82) is 0 Å². The molecular formula is C11H12FN3O2. The molecule has 2 rings (SSSR count). The molecule has 0 saturated heterocycles. The number of aromatic nitrogens is 3. The van der Waals surface area contributed by atoms with Crippen molar-refractivity contribution in [2.75, 3.05) is 6.61 Å². The maximum atomic E-state index is 13.7. The van der Waals surface area contributed by atoms with Crippen molar-refractivity contribution in [2.45, 2.75) is 20.8 Å².